The molecule has 80 heavy (non-hydrogen) atoms. The number of rotatable bonds is 6. The van der Waals surface area contributed by atoms with Crippen LogP contribution in [-0.2, 0) is 12.4 Å². The quantitative estimate of drug-likeness (QED) is 0.153. The van der Waals surface area contributed by atoms with Crippen LogP contribution >= 0.6 is 0 Å². The molecule has 0 saturated heterocycles. The van der Waals surface area contributed by atoms with Crippen LogP contribution in [0.5, 0.6) is 0 Å². The van der Waals surface area contributed by atoms with Crippen molar-refractivity contribution in [2.24, 2.45) is 0 Å². The number of hydrogen-bond acceptors (Lipinski definition) is 1. The van der Waals surface area contributed by atoms with Crippen molar-refractivity contribution in [1.29, 1.82) is 5.26 Å². The zero-order chi connectivity index (χ0) is 54.2. The summed E-state index contributed by atoms with van der Waals surface area (Å²) in [6.07, 6.45) is -10.2. The van der Waals surface area contributed by atoms with Crippen LogP contribution in [0.15, 0.2) is 237 Å². The SMILES string of the molecule is N#Cc1ccc(-n2c3ccccc3c3cc4c5ccccc5n(-c5ccccc5)c4cc32)c(-c2cc(-c3cc(C(F)(F)F)cc(C(F)(F)F)c3)ccc2-n2c3ccccc3c3cc4c5ccccc5n(-c5ccccc5)c4cc32)c1. The van der Waals surface area contributed by atoms with Crippen LogP contribution in [0.3, 0.4) is 0 Å². The Morgan fingerprint density at radius 1 is 0.287 bits per heavy atom. The first-order chi connectivity index (χ1) is 38.9. The molecular formula is C69H39F6N5. The topological polar surface area (TPSA) is 43.5 Å². The average molecular weight is 1050 g/mol. The van der Waals surface area contributed by atoms with Crippen molar-refractivity contribution in [3.8, 4) is 51.1 Å². The van der Waals surface area contributed by atoms with Gasteiger partial charge in [0.1, 0.15) is 0 Å². The Hall–Kier alpha value is -10.3. The predicted molar refractivity (Wildman–Crippen MR) is 309 cm³/mol. The number of nitriles is 1. The second-order valence-electron chi connectivity index (χ2n) is 20.2. The van der Waals surface area contributed by atoms with E-state index in [9.17, 15) is 31.6 Å². The van der Waals surface area contributed by atoms with Crippen LogP contribution in [-0.4, -0.2) is 18.3 Å². The third kappa shape index (κ3) is 7.12. The fourth-order valence-electron chi connectivity index (χ4n) is 12.4. The fraction of sp³-hybridized carbons (Fsp3) is 0.0290. The van der Waals surface area contributed by atoms with Gasteiger partial charge in [0.2, 0.25) is 0 Å². The van der Waals surface area contributed by atoms with E-state index in [1.165, 1.54) is 0 Å². The molecule has 0 unspecified atom stereocenters. The molecule has 0 fully saturated rings. The van der Waals surface area contributed by atoms with Crippen LogP contribution in [0.4, 0.5) is 26.3 Å². The van der Waals surface area contributed by atoms with Crippen LogP contribution in [0.25, 0.3) is 132 Å². The highest BCUT2D eigenvalue weighted by Gasteiger charge is 2.37. The lowest BCUT2D eigenvalue weighted by atomic mass is 9.93. The van der Waals surface area contributed by atoms with E-state index in [4.69, 9.17) is 0 Å². The Kier molecular flexibility index (Phi) is 10.2. The van der Waals surface area contributed by atoms with E-state index >= 15 is 0 Å². The predicted octanol–water partition coefficient (Wildman–Crippen LogP) is 19.3. The Morgan fingerprint density at radius 2 is 0.650 bits per heavy atom. The monoisotopic (exact) mass is 1050 g/mol. The van der Waals surface area contributed by atoms with Gasteiger partial charge in [-0.05, 0) is 132 Å². The van der Waals surface area contributed by atoms with Gasteiger partial charge >= 0.3 is 12.4 Å². The van der Waals surface area contributed by atoms with Crippen LogP contribution in [0.1, 0.15) is 16.7 Å². The van der Waals surface area contributed by atoms with Crippen molar-refractivity contribution in [2.45, 2.75) is 12.4 Å². The Balaban J connectivity index is 1.08. The largest absolute Gasteiger partial charge is 0.416 e. The maximum Gasteiger partial charge on any atom is 0.416 e. The molecule has 0 saturated carbocycles. The molecule has 0 radical (unpaired) electrons. The van der Waals surface area contributed by atoms with E-state index in [2.05, 4.69) is 109 Å². The van der Waals surface area contributed by atoms with Gasteiger partial charge in [-0.15, -0.1) is 0 Å². The van der Waals surface area contributed by atoms with Crippen molar-refractivity contribution in [3.63, 3.8) is 0 Å². The first-order valence-corrected chi connectivity index (χ1v) is 25.9. The molecule has 5 nitrogen and oxygen atoms in total. The average Bonchev–Trinajstić information content (AvgIpc) is 4.39. The van der Waals surface area contributed by atoms with Crippen molar-refractivity contribution >= 4 is 87.2 Å². The van der Waals surface area contributed by atoms with Crippen molar-refractivity contribution in [3.05, 3.63) is 253 Å². The highest BCUT2D eigenvalue weighted by atomic mass is 19.4. The number of nitrogens with zero attached hydrogens (tertiary/aromatic N) is 5. The van der Waals surface area contributed by atoms with Crippen LogP contribution in [0, 0.1) is 11.3 Å². The molecule has 0 amide bonds. The summed E-state index contributed by atoms with van der Waals surface area (Å²) in [5.41, 5.74) is 8.56. The van der Waals surface area contributed by atoms with Gasteiger partial charge in [0, 0.05) is 65.6 Å². The van der Waals surface area contributed by atoms with Crippen LogP contribution in [0.2, 0.25) is 0 Å². The van der Waals surface area contributed by atoms with E-state index in [0.717, 1.165) is 111 Å². The minimum absolute atomic E-state index is 0.109. The van der Waals surface area contributed by atoms with Gasteiger partial charge < -0.3 is 18.3 Å². The number of fused-ring (bicyclic) bond motifs is 12. The summed E-state index contributed by atoms with van der Waals surface area (Å²) in [6, 6.07) is 76.0. The number of hydrogen-bond donors (Lipinski definition) is 0. The lowest BCUT2D eigenvalue weighted by Crippen LogP contribution is -2.11. The second-order valence-corrected chi connectivity index (χ2v) is 20.2. The zero-order valence-corrected chi connectivity index (χ0v) is 42.0. The first-order valence-electron chi connectivity index (χ1n) is 25.9. The highest BCUT2D eigenvalue weighted by molar-refractivity contribution is 6.21. The minimum atomic E-state index is -5.09. The molecule has 0 aliphatic heterocycles. The molecule has 15 aromatic rings. The van der Waals surface area contributed by atoms with Crippen molar-refractivity contribution in [1.82, 2.24) is 18.3 Å². The minimum Gasteiger partial charge on any atom is -0.309 e. The second kappa shape index (κ2) is 17.3. The fourth-order valence-corrected chi connectivity index (χ4v) is 12.4. The molecule has 0 aliphatic rings. The van der Waals surface area contributed by atoms with E-state index in [1.807, 2.05) is 103 Å². The van der Waals surface area contributed by atoms with Gasteiger partial charge in [0.05, 0.1) is 78.3 Å². The third-order valence-corrected chi connectivity index (χ3v) is 15.8. The molecular weight excluding hydrogens is 1010 g/mol. The van der Waals surface area contributed by atoms with E-state index in [1.54, 1.807) is 30.3 Å². The Morgan fingerprint density at radius 3 is 1.06 bits per heavy atom. The maximum atomic E-state index is 14.7. The van der Waals surface area contributed by atoms with Crippen molar-refractivity contribution in [2.75, 3.05) is 0 Å². The van der Waals surface area contributed by atoms with Gasteiger partial charge in [-0.25, -0.2) is 0 Å². The summed E-state index contributed by atoms with van der Waals surface area (Å²) in [5.74, 6) is 0. The smallest absolute Gasteiger partial charge is 0.309 e. The first kappa shape index (κ1) is 46.9. The van der Waals surface area contributed by atoms with Gasteiger partial charge in [0.25, 0.3) is 0 Å². The maximum absolute atomic E-state index is 14.7. The van der Waals surface area contributed by atoms with Gasteiger partial charge in [-0.2, -0.15) is 31.6 Å². The normalized spacial score (nSPS) is 12.4. The third-order valence-electron chi connectivity index (χ3n) is 15.8. The molecule has 0 N–H and O–H groups in total. The van der Waals surface area contributed by atoms with Crippen molar-refractivity contribution < 1.29 is 26.3 Å². The molecule has 11 heteroatoms. The molecule has 11 aromatic carbocycles. The Bertz CT molecular complexity index is 5070. The summed E-state index contributed by atoms with van der Waals surface area (Å²) in [6.45, 7) is 0. The number of aromatic nitrogens is 4. The highest BCUT2D eigenvalue weighted by Crippen LogP contribution is 2.47. The summed E-state index contributed by atoms with van der Waals surface area (Å²) in [4.78, 5) is 0. The lowest BCUT2D eigenvalue weighted by Gasteiger charge is -2.21. The molecule has 0 aliphatic carbocycles. The molecule has 382 valence electrons. The van der Waals surface area contributed by atoms with E-state index in [0.29, 0.717) is 28.1 Å². The molecule has 0 spiro atoms. The molecule has 0 atom stereocenters. The lowest BCUT2D eigenvalue weighted by molar-refractivity contribution is -0.143. The summed E-state index contributed by atoms with van der Waals surface area (Å²) >= 11 is 0. The summed E-state index contributed by atoms with van der Waals surface area (Å²) in [5, 5.41) is 18.7. The van der Waals surface area contributed by atoms with E-state index < -0.39 is 23.5 Å². The number of alkyl halides is 6. The number of benzene rings is 11. The number of para-hydroxylation sites is 6. The molecule has 4 aromatic heterocycles. The molecule has 15 rings (SSSR count). The van der Waals surface area contributed by atoms with Gasteiger partial charge in [-0.3, -0.25) is 0 Å². The van der Waals surface area contributed by atoms with Gasteiger partial charge in [-0.1, -0.05) is 115 Å². The van der Waals surface area contributed by atoms with Crippen LogP contribution < -0.4 is 0 Å². The van der Waals surface area contributed by atoms with Gasteiger partial charge in [0.15, 0.2) is 0 Å². The molecule has 0 bridgehead atoms. The van der Waals surface area contributed by atoms with E-state index in [-0.39, 0.29) is 17.2 Å². The summed E-state index contributed by atoms with van der Waals surface area (Å²) < 4.78 is 96.8. The Labute approximate surface area is 451 Å². The summed E-state index contributed by atoms with van der Waals surface area (Å²) in [7, 11) is 0. The molecule has 4 heterocycles. The standard InChI is InChI=1S/C69H39F6N5/c70-68(71,72)44-32-43(33-45(35-44)69(73,74)75)42-28-30-63(80-61-26-14-10-22-51(61)57-37-55-49-20-8-12-24-59(49)78(65(55)39-67(57)80)47-17-5-2-6-18-47)53(34-42)52-31-41(40-76)27-29-62(52)79-60-25-13-9-21-50(60)56-36-54-48-19-7-11-23-58(48)77(64(54)38-66(56)79)46-15-3-1-4-16-46/h1-39H. The zero-order valence-electron chi connectivity index (χ0n) is 42.0. The number of halogens is 6.